The van der Waals surface area contributed by atoms with Crippen molar-refractivity contribution < 1.29 is 17.4 Å². The molecule has 1 N–H and O–H groups in total. The van der Waals surface area contributed by atoms with E-state index in [2.05, 4.69) is 0 Å². The molecule has 0 aromatic heterocycles. The summed E-state index contributed by atoms with van der Waals surface area (Å²) in [4.78, 5) is 0. The van der Waals surface area contributed by atoms with Crippen LogP contribution < -0.4 is 0 Å². The number of hydrogen-bond acceptors (Lipinski definition) is 3. The van der Waals surface area contributed by atoms with E-state index in [0.717, 1.165) is 5.56 Å². The third kappa shape index (κ3) is 4.78. The summed E-state index contributed by atoms with van der Waals surface area (Å²) in [5.74, 6) is -0.581. The second kappa shape index (κ2) is 4.61. The normalized spacial score (nSPS) is 13.7. The van der Waals surface area contributed by atoms with E-state index in [0.29, 0.717) is 6.42 Å². The maximum atomic E-state index is 12.3. The molecular weight excluding hydrogens is 219 g/mol. The number of hydrogen-bond donors (Lipinski definition) is 1. The first kappa shape index (κ1) is 12.0. The van der Waals surface area contributed by atoms with Gasteiger partial charge in [0.25, 0.3) is 0 Å². The molecular formula is C10H13FO3S. The first-order chi connectivity index (χ1) is 6.87. The fourth-order valence-electron chi connectivity index (χ4n) is 1.43. The van der Waals surface area contributed by atoms with Crippen molar-refractivity contribution in [3.05, 3.63) is 29.8 Å². The van der Waals surface area contributed by atoms with E-state index in [1.54, 1.807) is 19.1 Å². The summed E-state index contributed by atoms with van der Waals surface area (Å²) in [6, 6.07) is 6.42. The molecule has 0 aliphatic rings. The van der Waals surface area contributed by atoms with Gasteiger partial charge in [-0.25, -0.2) is 0 Å². The fourth-order valence-corrected chi connectivity index (χ4v) is 2.23. The second-order valence-electron chi connectivity index (χ2n) is 3.68. The van der Waals surface area contributed by atoms with Crippen molar-refractivity contribution >= 4 is 10.2 Å². The van der Waals surface area contributed by atoms with Crippen LogP contribution in [0.4, 0.5) is 3.89 Å². The molecule has 0 radical (unpaired) electrons. The van der Waals surface area contributed by atoms with Gasteiger partial charge in [0, 0.05) is 0 Å². The molecule has 1 rings (SSSR count). The molecule has 0 amide bonds. The van der Waals surface area contributed by atoms with Crippen LogP contribution in [0.5, 0.6) is 5.75 Å². The molecule has 1 aromatic rings. The highest BCUT2D eigenvalue weighted by molar-refractivity contribution is 7.86. The third-order valence-electron chi connectivity index (χ3n) is 2.00. The molecule has 15 heavy (non-hydrogen) atoms. The van der Waals surface area contributed by atoms with Crippen LogP contribution in [0.25, 0.3) is 0 Å². The number of halogens is 1. The van der Waals surface area contributed by atoms with Crippen LogP contribution in [-0.4, -0.2) is 19.3 Å². The topological polar surface area (TPSA) is 54.4 Å². The SMILES string of the molecule is CC(Cc1ccc(O)cc1)CS(=O)(=O)F. The van der Waals surface area contributed by atoms with Gasteiger partial charge in [-0.05, 0) is 30.0 Å². The Kier molecular flexibility index (Phi) is 3.68. The minimum Gasteiger partial charge on any atom is -0.508 e. The zero-order chi connectivity index (χ0) is 11.5. The molecule has 3 nitrogen and oxygen atoms in total. The summed E-state index contributed by atoms with van der Waals surface area (Å²) in [6.45, 7) is 1.67. The first-order valence-corrected chi connectivity index (χ1v) is 6.12. The zero-order valence-electron chi connectivity index (χ0n) is 8.35. The van der Waals surface area contributed by atoms with Gasteiger partial charge in [0.05, 0.1) is 5.75 Å². The summed E-state index contributed by atoms with van der Waals surface area (Å²) in [5, 5.41) is 9.02. The Balaban J connectivity index is 2.59. The Labute approximate surface area is 88.8 Å². The maximum Gasteiger partial charge on any atom is 0.302 e. The van der Waals surface area contributed by atoms with Crippen LogP contribution in [-0.2, 0) is 16.6 Å². The lowest BCUT2D eigenvalue weighted by molar-refractivity contribution is 0.474. The Morgan fingerprint density at radius 1 is 1.33 bits per heavy atom. The Hall–Kier alpha value is -1.10. The highest BCUT2D eigenvalue weighted by atomic mass is 32.3. The number of aromatic hydroxyl groups is 1. The molecule has 84 valence electrons. The number of rotatable bonds is 4. The molecule has 0 saturated heterocycles. The van der Waals surface area contributed by atoms with Crippen molar-refractivity contribution in [2.24, 2.45) is 5.92 Å². The molecule has 0 heterocycles. The predicted molar refractivity (Wildman–Crippen MR) is 55.9 cm³/mol. The number of phenols is 1. The van der Waals surface area contributed by atoms with Crippen molar-refractivity contribution in [1.29, 1.82) is 0 Å². The Morgan fingerprint density at radius 2 is 1.87 bits per heavy atom. The molecule has 0 spiro atoms. The summed E-state index contributed by atoms with van der Waals surface area (Å²) in [5.41, 5.74) is 0.879. The molecule has 1 unspecified atom stereocenters. The van der Waals surface area contributed by atoms with E-state index < -0.39 is 16.0 Å². The van der Waals surface area contributed by atoms with E-state index in [1.165, 1.54) is 12.1 Å². The third-order valence-corrected chi connectivity index (χ3v) is 2.97. The van der Waals surface area contributed by atoms with Crippen molar-refractivity contribution in [2.45, 2.75) is 13.3 Å². The molecule has 0 fully saturated rings. The second-order valence-corrected chi connectivity index (χ2v) is 5.09. The minimum absolute atomic E-state index is 0.157. The smallest absolute Gasteiger partial charge is 0.302 e. The average Bonchev–Trinajstić information content (AvgIpc) is 2.05. The average molecular weight is 232 g/mol. The summed E-state index contributed by atoms with van der Waals surface area (Å²) >= 11 is 0. The van der Waals surface area contributed by atoms with Gasteiger partial charge in [-0.15, -0.1) is 3.89 Å². The van der Waals surface area contributed by atoms with Gasteiger partial charge < -0.3 is 5.11 Å². The largest absolute Gasteiger partial charge is 0.508 e. The highest BCUT2D eigenvalue weighted by Gasteiger charge is 2.14. The molecule has 0 aliphatic heterocycles. The van der Waals surface area contributed by atoms with Crippen molar-refractivity contribution in [3.63, 3.8) is 0 Å². The van der Waals surface area contributed by atoms with E-state index in [4.69, 9.17) is 5.11 Å². The van der Waals surface area contributed by atoms with Gasteiger partial charge in [0.2, 0.25) is 0 Å². The van der Waals surface area contributed by atoms with Crippen LogP contribution in [0, 0.1) is 5.92 Å². The molecule has 1 aromatic carbocycles. The maximum absolute atomic E-state index is 12.3. The Morgan fingerprint density at radius 3 is 2.33 bits per heavy atom. The Bertz CT molecular complexity index is 411. The van der Waals surface area contributed by atoms with Crippen LogP contribution in [0.2, 0.25) is 0 Å². The molecule has 1 atom stereocenters. The predicted octanol–water partition coefficient (Wildman–Crippen LogP) is 1.87. The lowest BCUT2D eigenvalue weighted by Crippen LogP contribution is -2.11. The fraction of sp³-hybridized carbons (Fsp3) is 0.400. The minimum atomic E-state index is -4.40. The zero-order valence-corrected chi connectivity index (χ0v) is 9.17. The molecule has 0 aliphatic carbocycles. The van der Waals surface area contributed by atoms with Crippen molar-refractivity contribution in [3.8, 4) is 5.75 Å². The lowest BCUT2D eigenvalue weighted by atomic mass is 10.0. The van der Waals surface area contributed by atoms with Gasteiger partial charge in [0.15, 0.2) is 0 Å². The molecule has 0 bridgehead atoms. The summed E-state index contributed by atoms with van der Waals surface area (Å²) in [7, 11) is -4.40. The monoisotopic (exact) mass is 232 g/mol. The van der Waals surface area contributed by atoms with Gasteiger partial charge in [-0.2, -0.15) is 8.42 Å². The van der Waals surface area contributed by atoms with Gasteiger partial charge in [0.1, 0.15) is 5.75 Å². The van der Waals surface area contributed by atoms with Gasteiger partial charge in [-0.1, -0.05) is 19.1 Å². The first-order valence-electron chi connectivity index (χ1n) is 4.57. The van der Waals surface area contributed by atoms with E-state index in [-0.39, 0.29) is 11.7 Å². The number of benzene rings is 1. The van der Waals surface area contributed by atoms with Crippen LogP contribution >= 0.6 is 0 Å². The summed E-state index contributed by atoms with van der Waals surface area (Å²) < 4.78 is 33.1. The van der Waals surface area contributed by atoms with Crippen molar-refractivity contribution in [2.75, 3.05) is 5.75 Å². The van der Waals surface area contributed by atoms with Crippen LogP contribution in [0.3, 0.4) is 0 Å². The molecule has 0 saturated carbocycles. The van der Waals surface area contributed by atoms with E-state index >= 15 is 0 Å². The molecule has 5 heteroatoms. The van der Waals surface area contributed by atoms with Gasteiger partial charge in [-0.3, -0.25) is 0 Å². The lowest BCUT2D eigenvalue weighted by Gasteiger charge is -2.08. The quantitative estimate of drug-likeness (QED) is 0.806. The van der Waals surface area contributed by atoms with E-state index in [1.807, 2.05) is 0 Å². The van der Waals surface area contributed by atoms with Crippen molar-refractivity contribution in [1.82, 2.24) is 0 Å². The van der Waals surface area contributed by atoms with Gasteiger partial charge >= 0.3 is 10.2 Å². The van der Waals surface area contributed by atoms with E-state index in [9.17, 15) is 12.3 Å². The highest BCUT2D eigenvalue weighted by Crippen LogP contribution is 2.14. The number of phenolic OH excluding ortho intramolecular Hbond substituents is 1. The van der Waals surface area contributed by atoms with Crippen LogP contribution in [0.1, 0.15) is 12.5 Å². The van der Waals surface area contributed by atoms with Crippen LogP contribution in [0.15, 0.2) is 24.3 Å². The summed E-state index contributed by atoms with van der Waals surface area (Å²) in [6.07, 6.45) is 0.476. The standard InChI is InChI=1S/C10H13FO3S/c1-8(7-15(11,13)14)6-9-2-4-10(12)5-3-9/h2-5,8,12H,6-7H2,1H3.